The second kappa shape index (κ2) is 4.50. The summed E-state index contributed by atoms with van der Waals surface area (Å²) in [5.41, 5.74) is 0.882. The number of rotatable bonds is 1. The second-order valence-electron chi connectivity index (χ2n) is 2.57. The number of carboxylic acids is 1. The summed E-state index contributed by atoms with van der Waals surface area (Å²) < 4.78 is 0. The number of carbonyl (C=O) groups is 1. The van der Waals surface area contributed by atoms with Gasteiger partial charge in [0, 0.05) is 11.6 Å². The van der Waals surface area contributed by atoms with Crippen LogP contribution in [-0.4, -0.2) is 21.0 Å². The van der Waals surface area contributed by atoms with Crippen LogP contribution in [0.3, 0.4) is 0 Å². The summed E-state index contributed by atoms with van der Waals surface area (Å²) in [6, 6.07) is 4.95. The van der Waals surface area contributed by atoms with Crippen molar-refractivity contribution in [2.24, 2.45) is 0 Å². The van der Waals surface area contributed by atoms with Crippen molar-refractivity contribution in [3.8, 4) is 0 Å². The van der Waals surface area contributed by atoms with Crippen molar-refractivity contribution in [2.45, 2.75) is 0 Å². The molecule has 0 aliphatic carbocycles. The molecule has 1 aromatic heterocycles. The minimum atomic E-state index is -0.958. The van der Waals surface area contributed by atoms with Crippen LogP contribution in [0.1, 0.15) is 11.8 Å². The molecule has 0 saturated heterocycles. The Morgan fingerprint density at radius 1 is 1.43 bits per heavy atom. The summed E-state index contributed by atoms with van der Waals surface area (Å²) in [4.78, 5) is 18.5. The molecule has 0 saturated carbocycles. The summed E-state index contributed by atoms with van der Waals surface area (Å²) in [5.74, 6) is -0.958. The van der Waals surface area contributed by atoms with Gasteiger partial charge in [0.05, 0.1) is 11.1 Å². The Labute approximate surface area is 104 Å². The monoisotopic (exact) mass is 198 g/mol. The number of nitrogens with zero attached hydrogens (tertiary/aromatic N) is 2. The summed E-state index contributed by atoms with van der Waals surface area (Å²) in [5, 5.41) is 9.39. The number of benzene rings is 1. The van der Waals surface area contributed by atoms with Crippen molar-refractivity contribution in [3.63, 3.8) is 0 Å². The second-order valence-corrected chi connectivity index (χ2v) is 2.57. The van der Waals surface area contributed by atoms with E-state index in [-0.39, 0.29) is 36.5 Å². The molecule has 0 amide bonds. The van der Waals surface area contributed by atoms with Crippen LogP contribution in [0.4, 0.5) is 0 Å². The van der Waals surface area contributed by atoms with Gasteiger partial charge in [-0.15, -0.1) is 0 Å². The third kappa shape index (κ3) is 1.92. The summed E-state index contributed by atoms with van der Waals surface area (Å²) in [6.07, 6.45) is 2.90. The maximum atomic E-state index is 10.8. The van der Waals surface area contributed by atoms with Crippen molar-refractivity contribution in [1.82, 2.24) is 9.97 Å². The number of aromatic nitrogens is 2. The summed E-state index contributed by atoms with van der Waals surface area (Å²) in [6.45, 7) is 0. The van der Waals surface area contributed by atoms with Gasteiger partial charge in [-0.1, -0.05) is 6.07 Å². The summed E-state index contributed by atoms with van der Waals surface area (Å²) >= 11 is 0. The number of carboxylic acid groups (broad SMARTS) is 1. The number of aromatic carboxylic acids is 1. The van der Waals surface area contributed by atoms with E-state index < -0.39 is 5.97 Å². The van der Waals surface area contributed by atoms with Crippen LogP contribution in [0.15, 0.2) is 30.7 Å². The molecule has 66 valence electrons. The largest absolute Gasteiger partial charge is 1.00 e. The fraction of sp³-hybridized carbons (Fsp3) is 0. The average molecular weight is 198 g/mol. The fourth-order valence-electron chi connectivity index (χ4n) is 1.19. The molecule has 2 aromatic rings. The van der Waals surface area contributed by atoms with E-state index in [1.54, 1.807) is 12.1 Å². The standard InChI is InChI=1S/C9H6N2O2.Na.H/c12-9(13)6-2-1-3-8-7(6)4-10-5-11-8;;/h1-5H,(H,12,13);;/q;+1;-1. The van der Waals surface area contributed by atoms with Crippen molar-refractivity contribution in [3.05, 3.63) is 36.3 Å². The van der Waals surface area contributed by atoms with E-state index in [0.29, 0.717) is 10.9 Å². The molecule has 2 rings (SSSR count). The molecule has 0 aliphatic heterocycles. The van der Waals surface area contributed by atoms with E-state index >= 15 is 0 Å². The Morgan fingerprint density at radius 3 is 2.93 bits per heavy atom. The van der Waals surface area contributed by atoms with Gasteiger partial charge in [-0.3, -0.25) is 0 Å². The van der Waals surface area contributed by atoms with E-state index in [0.717, 1.165) is 0 Å². The van der Waals surface area contributed by atoms with Gasteiger partial charge in [-0.05, 0) is 12.1 Å². The Bertz CT molecular complexity index is 473. The maximum Gasteiger partial charge on any atom is 1.00 e. The van der Waals surface area contributed by atoms with Crippen molar-refractivity contribution in [1.29, 1.82) is 0 Å². The Morgan fingerprint density at radius 2 is 2.21 bits per heavy atom. The molecule has 0 atom stereocenters. The first-order valence-corrected chi connectivity index (χ1v) is 3.71. The molecule has 1 N–H and O–H groups in total. The molecular formula is C9H7N2NaO2. The molecule has 0 spiro atoms. The predicted octanol–water partition coefficient (Wildman–Crippen LogP) is -1.56. The third-order valence-corrected chi connectivity index (χ3v) is 1.78. The molecular weight excluding hydrogens is 191 g/mol. The first-order valence-electron chi connectivity index (χ1n) is 3.71. The number of hydrogen-bond donors (Lipinski definition) is 1. The van der Waals surface area contributed by atoms with Crippen LogP contribution in [0.5, 0.6) is 0 Å². The zero-order valence-electron chi connectivity index (χ0n) is 8.64. The van der Waals surface area contributed by atoms with Crippen LogP contribution in [0.25, 0.3) is 10.9 Å². The van der Waals surface area contributed by atoms with Crippen LogP contribution < -0.4 is 29.6 Å². The van der Waals surface area contributed by atoms with Gasteiger partial charge >= 0.3 is 35.5 Å². The van der Waals surface area contributed by atoms with Gasteiger partial charge in [-0.25, -0.2) is 14.8 Å². The Hall–Kier alpha value is -0.970. The zero-order valence-corrected chi connectivity index (χ0v) is 9.64. The molecule has 14 heavy (non-hydrogen) atoms. The Kier molecular flexibility index (Phi) is 3.57. The average Bonchev–Trinajstić information content (AvgIpc) is 2.17. The number of fused-ring (bicyclic) bond motifs is 1. The van der Waals surface area contributed by atoms with Gasteiger partial charge < -0.3 is 6.53 Å². The van der Waals surface area contributed by atoms with E-state index in [9.17, 15) is 4.79 Å². The molecule has 1 heterocycles. The zero-order chi connectivity index (χ0) is 9.26. The summed E-state index contributed by atoms with van der Waals surface area (Å²) in [7, 11) is 0. The van der Waals surface area contributed by atoms with E-state index in [4.69, 9.17) is 5.11 Å². The Balaban J connectivity index is 0.000000980. The molecule has 4 nitrogen and oxygen atoms in total. The van der Waals surface area contributed by atoms with Crippen LogP contribution in [-0.2, 0) is 0 Å². The van der Waals surface area contributed by atoms with Gasteiger partial charge in [0.1, 0.15) is 6.33 Å². The molecule has 0 bridgehead atoms. The SMILES string of the molecule is O=C(O)c1cccc2ncncc12.[H-].[Na+]. The minimum absolute atomic E-state index is 0. The first kappa shape index (κ1) is 11.1. The van der Waals surface area contributed by atoms with E-state index in [2.05, 4.69) is 9.97 Å². The van der Waals surface area contributed by atoms with Gasteiger partial charge in [0.25, 0.3) is 0 Å². The minimum Gasteiger partial charge on any atom is -1.00 e. The predicted molar refractivity (Wildman–Crippen MR) is 47.6 cm³/mol. The first-order chi connectivity index (χ1) is 6.29. The topological polar surface area (TPSA) is 63.1 Å². The molecule has 1 aromatic carbocycles. The maximum absolute atomic E-state index is 10.8. The molecule has 0 aliphatic rings. The van der Waals surface area contributed by atoms with Gasteiger partial charge in [0.15, 0.2) is 0 Å². The third-order valence-electron chi connectivity index (χ3n) is 1.78. The van der Waals surface area contributed by atoms with Gasteiger partial charge in [-0.2, -0.15) is 0 Å². The van der Waals surface area contributed by atoms with Crippen molar-refractivity contribution in [2.75, 3.05) is 0 Å². The van der Waals surface area contributed by atoms with Crippen LogP contribution >= 0.6 is 0 Å². The van der Waals surface area contributed by atoms with Crippen molar-refractivity contribution < 1.29 is 40.9 Å². The normalized spacial score (nSPS) is 9.43. The van der Waals surface area contributed by atoms with Crippen LogP contribution in [0.2, 0.25) is 0 Å². The number of hydrogen-bond acceptors (Lipinski definition) is 3. The van der Waals surface area contributed by atoms with E-state index in [1.165, 1.54) is 18.6 Å². The van der Waals surface area contributed by atoms with Crippen LogP contribution in [0, 0.1) is 0 Å². The van der Waals surface area contributed by atoms with Gasteiger partial charge in [0.2, 0.25) is 0 Å². The molecule has 0 fully saturated rings. The fourth-order valence-corrected chi connectivity index (χ4v) is 1.19. The van der Waals surface area contributed by atoms with E-state index in [1.807, 2.05) is 0 Å². The van der Waals surface area contributed by atoms with Crippen molar-refractivity contribution >= 4 is 16.9 Å². The quantitative estimate of drug-likeness (QED) is 0.563. The smallest absolute Gasteiger partial charge is 1.00 e. The molecule has 0 radical (unpaired) electrons. The molecule has 0 unspecified atom stereocenters. The molecule has 5 heteroatoms.